The van der Waals surface area contributed by atoms with Crippen LogP contribution in [0.4, 0.5) is 22.5 Å². The van der Waals surface area contributed by atoms with Gasteiger partial charge in [0.2, 0.25) is 5.13 Å². The van der Waals surface area contributed by atoms with Crippen molar-refractivity contribution in [1.82, 2.24) is 9.97 Å². The maximum Gasteiger partial charge on any atom is 0.230 e. The summed E-state index contributed by atoms with van der Waals surface area (Å²) in [5, 5.41) is 10.4. The van der Waals surface area contributed by atoms with Gasteiger partial charge in [-0.1, -0.05) is 0 Å². The van der Waals surface area contributed by atoms with Crippen molar-refractivity contribution < 1.29 is 0 Å². The van der Waals surface area contributed by atoms with Crippen molar-refractivity contribution in [1.29, 1.82) is 0 Å². The van der Waals surface area contributed by atoms with Crippen LogP contribution >= 0.6 is 11.3 Å². The summed E-state index contributed by atoms with van der Waals surface area (Å²) < 4.78 is 0. The average Bonchev–Trinajstić information content (AvgIpc) is 2.63. The van der Waals surface area contributed by atoms with E-state index in [0.29, 0.717) is 16.6 Å². The predicted molar refractivity (Wildman–Crippen MR) is 64.1 cm³/mol. The van der Waals surface area contributed by atoms with Crippen LogP contribution in [0.5, 0.6) is 0 Å². The SMILES string of the molecule is Cc1csc(N=Nc2ccc(N)nc2N)n1. The Kier molecular flexibility index (Phi) is 2.78. The van der Waals surface area contributed by atoms with Gasteiger partial charge in [0.15, 0.2) is 5.82 Å². The van der Waals surface area contributed by atoms with Crippen LogP contribution in [-0.4, -0.2) is 9.97 Å². The molecule has 2 aromatic heterocycles. The molecule has 2 rings (SSSR count). The number of pyridine rings is 1. The minimum Gasteiger partial charge on any atom is -0.384 e. The van der Waals surface area contributed by atoms with Gasteiger partial charge in [0.05, 0.1) is 5.69 Å². The highest BCUT2D eigenvalue weighted by atomic mass is 32.1. The number of hydrogen-bond acceptors (Lipinski definition) is 7. The molecule has 0 saturated heterocycles. The molecular formula is C9H10N6S. The van der Waals surface area contributed by atoms with Crippen LogP contribution < -0.4 is 11.5 Å². The minimum absolute atomic E-state index is 0.261. The molecule has 82 valence electrons. The van der Waals surface area contributed by atoms with E-state index in [9.17, 15) is 0 Å². The number of hydrogen-bond donors (Lipinski definition) is 2. The van der Waals surface area contributed by atoms with Crippen LogP contribution in [0.15, 0.2) is 27.7 Å². The van der Waals surface area contributed by atoms with E-state index in [4.69, 9.17) is 11.5 Å². The maximum atomic E-state index is 5.63. The molecule has 0 bridgehead atoms. The summed E-state index contributed by atoms with van der Waals surface area (Å²) in [6, 6.07) is 3.29. The van der Waals surface area contributed by atoms with E-state index >= 15 is 0 Å². The molecule has 6 nitrogen and oxygen atoms in total. The topological polar surface area (TPSA) is 103 Å². The molecule has 0 atom stereocenters. The second kappa shape index (κ2) is 4.23. The molecule has 16 heavy (non-hydrogen) atoms. The smallest absolute Gasteiger partial charge is 0.230 e. The molecule has 0 unspecified atom stereocenters. The van der Waals surface area contributed by atoms with E-state index in [-0.39, 0.29) is 5.82 Å². The lowest BCUT2D eigenvalue weighted by molar-refractivity contribution is 1.16. The summed E-state index contributed by atoms with van der Waals surface area (Å²) >= 11 is 1.42. The monoisotopic (exact) mass is 234 g/mol. The van der Waals surface area contributed by atoms with Crippen LogP contribution in [0.1, 0.15) is 5.69 Å². The highest BCUT2D eigenvalue weighted by Crippen LogP contribution is 2.25. The van der Waals surface area contributed by atoms with Gasteiger partial charge in [-0.25, -0.2) is 9.97 Å². The minimum atomic E-state index is 0.261. The number of azo groups is 1. The van der Waals surface area contributed by atoms with E-state index in [2.05, 4.69) is 20.2 Å². The van der Waals surface area contributed by atoms with E-state index < -0.39 is 0 Å². The molecule has 0 aromatic carbocycles. The van der Waals surface area contributed by atoms with Crippen molar-refractivity contribution in [3.8, 4) is 0 Å². The summed E-state index contributed by atoms with van der Waals surface area (Å²) in [6.45, 7) is 1.90. The molecule has 2 heterocycles. The second-order valence-electron chi connectivity index (χ2n) is 3.11. The Morgan fingerprint density at radius 1 is 1.19 bits per heavy atom. The van der Waals surface area contributed by atoms with E-state index in [0.717, 1.165) is 5.69 Å². The lowest BCUT2D eigenvalue weighted by Crippen LogP contribution is -1.95. The maximum absolute atomic E-state index is 5.63. The third-order valence-electron chi connectivity index (χ3n) is 1.77. The fraction of sp³-hybridized carbons (Fsp3) is 0.111. The summed E-state index contributed by atoms with van der Waals surface area (Å²) in [5.41, 5.74) is 12.5. The fourth-order valence-electron chi connectivity index (χ4n) is 1.05. The average molecular weight is 234 g/mol. The number of anilines is 2. The Morgan fingerprint density at radius 2 is 2.00 bits per heavy atom. The van der Waals surface area contributed by atoms with Crippen molar-refractivity contribution in [2.45, 2.75) is 6.92 Å². The second-order valence-corrected chi connectivity index (χ2v) is 3.95. The molecule has 0 aliphatic rings. The Bertz CT molecular complexity index is 533. The molecule has 0 saturated carbocycles. The summed E-state index contributed by atoms with van der Waals surface area (Å²) in [4.78, 5) is 8.02. The highest BCUT2D eigenvalue weighted by Gasteiger charge is 2.00. The van der Waals surface area contributed by atoms with Crippen LogP contribution in [-0.2, 0) is 0 Å². The molecule has 0 amide bonds. The number of aryl methyl sites for hydroxylation is 1. The Labute approximate surface area is 96.1 Å². The molecule has 4 N–H and O–H groups in total. The molecular weight excluding hydrogens is 224 g/mol. The zero-order valence-corrected chi connectivity index (χ0v) is 9.40. The van der Waals surface area contributed by atoms with Crippen LogP contribution in [0.3, 0.4) is 0 Å². The Balaban J connectivity index is 2.23. The molecule has 0 fully saturated rings. The molecule has 2 aromatic rings. The number of nitrogens with zero attached hydrogens (tertiary/aromatic N) is 4. The first-order valence-electron chi connectivity index (χ1n) is 4.51. The molecule has 7 heteroatoms. The van der Waals surface area contributed by atoms with Crippen molar-refractivity contribution in [2.24, 2.45) is 10.2 Å². The van der Waals surface area contributed by atoms with E-state index in [1.54, 1.807) is 12.1 Å². The van der Waals surface area contributed by atoms with Gasteiger partial charge in [0.25, 0.3) is 0 Å². The van der Waals surface area contributed by atoms with Crippen LogP contribution in [0.25, 0.3) is 0 Å². The zero-order valence-electron chi connectivity index (χ0n) is 8.58. The van der Waals surface area contributed by atoms with Gasteiger partial charge in [0.1, 0.15) is 11.5 Å². The van der Waals surface area contributed by atoms with Crippen molar-refractivity contribution in [2.75, 3.05) is 11.5 Å². The first-order valence-corrected chi connectivity index (χ1v) is 5.39. The van der Waals surface area contributed by atoms with Crippen molar-refractivity contribution in [3.05, 3.63) is 23.2 Å². The number of thiazole rings is 1. The first kappa shape index (κ1) is 10.5. The molecule has 0 aliphatic heterocycles. The lowest BCUT2D eigenvalue weighted by Gasteiger charge is -1.97. The summed E-state index contributed by atoms with van der Waals surface area (Å²) in [7, 11) is 0. The largest absolute Gasteiger partial charge is 0.384 e. The van der Waals surface area contributed by atoms with Crippen LogP contribution in [0, 0.1) is 6.92 Å². The summed E-state index contributed by atoms with van der Waals surface area (Å²) in [5.74, 6) is 0.624. The van der Waals surface area contributed by atoms with Gasteiger partial charge in [-0.3, -0.25) is 0 Å². The zero-order chi connectivity index (χ0) is 11.5. The van der Waals surface area contributed by atoms with Gasteiger partial charge < -0.3 is 11.5 Å². The molecule has 0 aliphatic carbocycles. The van der Waals surface area contributed by atoms with E-state index in [1.807, 2.05) is 12.3 Å². The number of rotatable bonds is 2. The number of aromatic nitrogens is 2. The van der Waals surface area contributed by atoms with Gasteiger partial charge in [-0.2, -0.15) is 0 Å². The number of nitrogens with two attached hydrogens (primary N) is 2. The van der Waals surface area contributed by atoms with Gasteiger partial charge in [0, 0.05) is 5.38 Å². The van der Waals surface area contributed by atoms with E-state index in [1.165, 1.54) is 11.3 Å². The van der Waals surface area contributed by atoms with Crippen molar-refractivity contribution in [3.63, 3.8) is 0 Å². The Hall–Kier alpha value is -2.02. The Morgan fingerprint density at radius 3 is 2.62 bits per heavy atom. The number of nitrogen functional groups attached to an aromatic ring is 2. The normalized spacial score (nSPS) is 11.1. The first-order chi connectivity index (χ1) is 7.65. The molecule has 0 radical (unpaired) electrons. The summed E-state index contributed by atoms with van der Waals surface area (Å²) in [6.07, 6.45) is 0. The highest BCUT2D eigenvalue weighted by molar-refractivity contribution is 7.13. The third-order valence-corrected chi connectivity index (χ3v) is 2.62. The standard InChI is InChI=1S/C9H10N6S/c1-5-4-16-9(12-5)15-14-6-2-3-7(10)13-8(6)11/h2-4H,1H3,(H4,10,11,13). The third kappa shape index (κ3) is 2.31. The lowest BCUT2D eigenvalue weighted by atomic mass is 10.4. The van der Waals surface area contributed by atoms with Gasteiger partial charge in [-0.15, -0.1) is 21.6 Å². The quantitative estimate of drug-likeness (QED) is 0.779. The van der Waals surface area contributed by atoms with Gasteiger partial charge in [-0.05, 0) is 19.1 Å². The van der Waals surface area contributed by atoms with Gasteiger partial charge >= 0.3 is 0 Å². The van der Waals surface area contributed by atoms with Crippen LogP contribution in [0.2, 0.25) is 0 Å². The fourth-order valence-corrected chi connectivity index (χ4v) is 1.67. The molecule has 0 spiro atoms. The predicted octanol–water partition coefficient (Wildman–Crippen LogP) is 2.43. The van der Waals surface area contributed by atoms with Crippen molar-refractivity contribution >= 4 is 33.8 Å².